The Balaban J connectivity index is 2.56. The van der Waals surface area contributed by atoms with Gasteiger partial charge >= 0.3 is 0 Å². The molecule has 0 aromatic carbocycles. The molecule has 0 atom stereocenters. The molecule has 0 aliphatic rings. The minimum atomic E-state index is 0.368. The summed E-state index contributed by atoms with van der Waals surface area (Å²) in [5, 5.41) is 4.45. The maximum Gasteiger partial charge on any atom is 0.154 e. The van der Waals surface area contributed by atoms with Crippen molar-refractivity contribution in [1.82, 2.24) is 14.8 Å². The maximum atomic E-state index is 5.61. The van der Waals surface area contributed by atoms with Crippen molar-refractivity contribution in [3.63, 3.8) is 0 Å². The Morgan fingerprint density at radius 1 is 1.35 bits per heavy atom. The number of aromatic nitrogens is 3. The molecule has 2 rings (SSSR count). The van der Waals surface area contributed by atoms with E-state index >= 15 is 0 Å². The fourth-order valence-electron chi connectivity index (χ4n) is 1.63. The van der Waals surface area contributed by atoms with Crippen LogP contribution in [0.2, 0.25) is 0 Å². The smallest absolute Gasteiger partial charge is 0.154 e. The van der Waals surface area contributed by atoms with Gasteiger partial charge in [0.05, 0.1) is 5.69 Å². The molecule has 2 aromatic rings. The average molecular weight is 246 g/mol. The molecular formula is C12H14N4S. The number of nitrogens with two attached hydrogens (primary N) is 1. The SMILES string of the molecule is Cc1nn(-c2cc(C(N)=S)ccn2)c(C)c1C. The predicted molar refractivity (Wildman–Crippen MR) is 71.5 cm³/mol. The minimum absolute atomic E-state index is 0.368. The highest BCUT2D eigenvalue weighted by molar-refractivity contribution is 7.80. The Morgan fingerprint density at radius 2 is 2.06 bits per heavy atom. The molecule has 0 unspecified atom stereocenters. The molecule has 0 amide bonds. The summed E-state index contributed by atoms with van der Waals surface area (Å²) in [7, 11) is 0. The van der Waals surface area contributed by atoms with E-state index in [1.54, 1.807) is 12.3 Å². The molecule has 0 saturated carbocycles. The van der Waals surface area contributed by atoms with Gasteiger partial charge in [0.15, 0.2) is 5.82 Å². The summed E-state index contributed by atoms with van der Waals surface area (Å²) in [6.45, 7) is 6.05. The highest BCUT2D eigenvalue weighted by Gasteiger charge is 2.10. The Bertz CT molecular complexity index is 586. The molecular weight excluding hydrogens is 232 g/mol. The topological polar surface area (TPSA) is 56.7 Å². The highest BCUT2D eigenvalue weighted by Crippen LogP contribution is 2.15. The van der Waals surface area contributed by atoms with E-state index in [0.717, 1.165) is 22.8 Å². The molecule has 0 saturated heterocycles. The Morgan fingerprint density at radius 3 is 2.59 bits per heavy atom. The van der Waals surface area contributed by atoms with Crippen molar-refractivity contribution < 1.29 is 0 Å². The lowest BCUT2D eigenvalue weighted by molar-refractivity contribution is 0.805. The van der Waals surface area contributed by atoms with Crippen LogP contribution in [0.15, 0.2) is 18.3 Å². The summed E-state index contributed by atoms with van der Waals surface area (Å²) in [4.78, 5) is 4.66. The van der Waals surface area contributed by atoms with Crippen molar-refractivity contribution in [3.05, 3.63) is 40.8 Å². The van der Waals surface area contributed by atoms with Crippen LogP contribution in [-0.2, 0) is 0 Å². The predicted octanol–water partition coefficient (Wildman–Crippen LogP) is 1.83. The number of rotatable bonds is 2. The lowest BCUT2D eigenvalue weighted by Gasteiger charge is -2.05. The minimum Gasteiger partial charge on any atom is -0.389 e. The summed E-state index contributed by atoms with van der Waals surface area (Å²) >= 11 is 4.96. The van der Waals surface area contributed by atoms with E-state index < -0.39 is 0 Å². The second-order valence-electron chi connectivity index (χ2n) is 3.97. The van der Waals surface area contributed by atoms with Gasteiger partial charge in [-0.1, -0.05) is 12.2 Å². The second-order valence-corrected chi connectivity index (χ2v) is 4.41. The molecule has 0 radical (unpaired) electrons. The van der Waals surface area contributed by atoms with Gasteiger partial charge < -0.3 is 5.73 Å². The van der Waals surface area contributed by atoms with Gasteiger partial charge in [0.25, 0.3) is 0 Å². The van der Waals surface area contributed by atoms with Gasteiger partial charge in [-0.3, -0.25) is 0 Å². The third-order valence-corrected chi connectivity index (χ3v) is 3.14. The number of hydrogen-bond donors (Lipinski definition) is 1. The van der Waals surface area contributed by atoms with Gasteiger partial charge in [0, 0.05) is 17.5 Å². The molecule has 2 N–H and O–H groups in total. The molecule has 0 fully saturated rings. The summed E-state index contributed by atoms with van der Waals surface area (Å²) in [6, 6.07) is 3.64. The zero-order valence-corrected chi connectivity index (χ0v) is 10.9. The summed E-state index contributed by atoms with van der Waals surface area (Å²) < 4.78 is 1.81. The van der Waals surface area contributed by atoms with Crippen molar-refractivity contribution in [2.45, 2.75) is 20.8 Å². The first-order chi connectivity index (χ1) is 8.00. The summed E-state index contributed by atoms with van der Waals surface area (Å²) in [5.41, 5.74) is 9.67. The van der Waals surface area contributed by atoms with Crippen molar-refractivity contribution in [1.29, 1.82) is 0 Å². The van der Waals surface area contributed by atoms with E-state index in [0.29, 0.717) is 4.99 Å². The number of nitrogens with zero attached hydrogens (tertiary/aromatic N) is 3. The first-order valence-corrected chi connectivity index (χ1v) is 5.70. The fraction of sp³-hybridized carbons (Fsp3) is 0.250. The molecule has 0 aliphatic heterocycles. The molecule has 0 bridgehead atoms. The van der Waals surface area contributed by atoms with Crippen LogP contribution < -0.4 is 5.73 Å². The monoisotopic (exact) mass is 246 g/mol. The molecule has 0 aliphatic carbocycles. The van der Waals surface area contributed by atoms with Crippen LogP contribution in [0.25, 0.3) is 5.82 Å². The molecule has 5 heteroatoms. The van der Waals surface area contributed by atoms with E-state index in [2.05, 4.69) is 10.1 Å². The quantitative estimate of drug-likeness (QED) is 0.821. The zero-order chi connectivity index (χ0) is 12.6. The first kappa shape index (κ1) is 11.7. The van der Waals surface area contributed by atoms with Crippen LogP contribution >= 0.6 is 12.2 Å². The van der Waals surface area contributed by atoms with Crippen molar-refractivity contribution >= 4 is 17.2 Å². The normalized spacial score (nSPS) is 10.5. The van der Waals surface area contributed by atoms with Gasteiger partial charge in [-0.2, -0.15) is 5.10 Å². The molecule has 88 valence electrons. The zero-order valence-electron chi connectivity index (χ0n) is 10.1. The second kappa shape index (κ2) is 4.25. The Kier molecular flexibility index (Phi) is 2.93. The van der Waals surface area contributed by atoms with Crippen LogP contribution in [0, 0.1) is 20.8 Å². The molecule has 2 heterocycles. The van der Waals surface area contributed by atoms with Crippen molar-refractivity contribution in [3.8, 4) is 5.82 Å². The lowest BCUT2D eigenvalue weighted by atomic mass is 10.2. The van der Waals surface area contributed by atoms with Crippen LogP contribution in [0.4, 0.5) is 0 Å². The number of hydrogen-bond acceptors (Lipinski definition) is 3. The van der Waals surface area contributed by atoms with E-state index in [1.165, 1.54) is 5.56 Å². The van der Waals surface area contributed by atoms with Gasteiger partial charge in [0.2, 0.25) is 0 Å². The maximum absolute atomic E-state index is 5.61. The van der Waals surface area contributed by atoms with E-state index in [-0.39, 0.29) is 0 Å². The van der Waals surface area contributed by atoms with Crippen molar-refractivity contribution in [2.24, 2.45) is 5.73 Å². The van der Waals surface area contributed by atoms with Gasteiger partial charge in [-0.25, -0.2) is 9.67 Å². The largest absolute Gasteiger partial charge is 0.389 e. The number of aryl methyl sites for hydroxylation is 1. The molecule has 17 heavy (non-hydrogen) atoms. The first-order valence-electron chi connectivity index (χ1n) is 5.29. The van der Waals surface area contributed by atoms with Crippen LogP contribution in [0.1, 0.15) is 22.5 Å². The molecule has 2 aromatic heterocycles. The Hall–Kier alpha value is -1.75. The molecule has 0 spiro atoms. The van der Waals surface area contributed by atoms with Gasteiger partial charge in [-0.05, 0) is 38.5 Å². The van der Waals surface area contributed by atoms with E-state index in [4.69, 9.17) is 18.0 Å². The third kappa shape index (κ3) is 2.06. The number of pyridine rings is 1. The fourth-order valence-corrected chi connectivity index (χ4v) is 1.76. The van der Waals surface area contributed by atoms with E-state index in [1.807, 2.05) is 31.5 Å². The average Bonchev–Trinajstić information content (AvgIpc) is 2.57. The van der Waals surface area contributed by atoms with Crippen LogP contribution in [0.5, 0.6) is 0 Å². The van der Waals surface area contributed by atoms with Gasteiger partial charge in [-0.15, -0.1) is 0 Å². The van der Waals surface area contributed by atoms with Crippen LogP contribution in [0.3, 0.4) is 0 Å². The summed E-state index contributed by atoms with van der Waals surface area (Å²) in [6.07, 6.45) is 1.69. The third-order valence-electron chi connectivity index (χ3n) is 2.90. The highest BCUT2D eigenvalue weighted by atomic mass is 32.1. The van der Waals surface area contributed by atoms with Gasteiger partial charge in [0.1, 0.15) is 4.99 Å². The van der Waals surface area contributed by atoms with E-state index in [9.17, 15) is 0 Å². The standard InChI is InChI=1S/C12H14N4S/c1-7-8(2)15-16(9(7)3)11-6-10(12(13)17)4-5-14-11/h4-6H,1-3H3,(H2,13,17). The van der Waals surface area contributed by atoms with Crippen molar-refractivity contribution in [2.75, 3.05) is 0 Å². The Labute approximate surface area is 105 Å². The molecule has 4 nitrogen and oxygen atoms in total. The lowest BCUT2D eigenvalue weighted by Crippen LogP contribution is -2.11. The van der Waals surface area contributed by atoms with Crippen LogP contribution in [-0.4, -0.2) is 19.8 Å². The summed E-state index contributed by atoms with van der Waals surface area (Å²) in [5.74, 6) is 0.740. The number of thiocarbonyl (C=S) groups is 1.